The van der Waals surface area contributed by atoms with Crippen LogP contribution in [0.3, 0.4) is 0 Å². The second-order valence-electron chi connectivity index (χ2n) is 7.90. The maximum absolute atomic E-state index is 12.4. The Morgan fingerprint density at radius 3 is 2.58 bits per heavy atom. The van der Waals surface area contributed by atoms with Gasteiger partial charge in [-0.2, -0.15) is 0 Å². The number of nitrogens with zero attached hydrogens (tertiary/aromatic N) is 1. The van der Waals surface area contributed by atoms with Gasteiger partial charge in [-0.25, -0.2) is 0 Å². The van der Waals surface area contributed by atoms with Crippen molar-refractivity contribution in [3.63, 3.8) is 0 Å². The summed E-state index contributed by atoms with van der Waals surface area (Å²) in [4.78, 5) is 26.7. The van der Waals surface area contributed by atoms with Gasteiger partial charge in [-0.1, -0.05) is 41.4 Å². The third-order valence-corrected chi connectivity index (χ3v) is 6.05. The molecule has 0 saturated carbocycles. The number of benzene rings is 2. The topological polar surface area (TPSA) is 79.9 Å². The van der Waals surface area contributed by atoms with Gasteiger partial charge in [-0.05, 0) is 35.4 Å². The number of morpholine rings is 1. The van der Waals surface area contributed by atoms with Crippen LogP contribution in [0, 0.1) is 0 Å². The summed E-state index contributed by atoms with van der Waals surface area (Å²) < 4.78 is 10.7. The minimum Gasteiger partial charge on any atom is -0.383 e. The molecule has 0 spiro atoms. The van der Waals surface area contributed by atoms with Gasteiger partial charge >= 0.3 is 0 Å². The average molecular weight is 494 g/mol. The number of hydrogen-bond acceptors (Lipinski definition) is 5. The van der Waals surface area contributed by atoms with Gasteiger partial charge in [-0.3, -0.25) is 14.5 Å². The molecule has 9 heteroatoms. The van der Waals surface area contributed by atoms with Gasteiger partial charge in [0.15, 0.2) is 0 Å². The maximum Gasteiger partial charge on any atom is 0.251 e. The number of ether oxygens (including phenoxy) is 2. The molecule has 3 rings (SSSR count). The Morgan fingerprint density at radius 2 is 1.85 bits per heavy atom. The van der Waals surface area contributed by atoms with Crippen LogP contribution in [0.4, 0.5) is 0 Å². The highest BCUT2D eigenvalue weighted by atomic mass is 35.5. The first-order valence-electron chi connectivity index (χ1n) is 10.8. The fourth-order valence-corrected chi connectivity index (χ4v) is 3.88. The molecule has 1 aliphatic heterocycles. The number of methoxy groups -OCH3 is 1. The molecule has 2 N–H and O–H groups in total. The fourth-order valence-electron chi connectivity index (χ4n) is 3.56. The molecule has 1 fully saturated rings. The van der Waals surface area contributed by atoms with Gasteiger partial charge in [0.05, 0.1) is 35.8 Å². The van der Waals surface area contributed by atoms with Crippen LogP contribution in [0.1, 0.15) is 21.5 Å². The Kier molecular flexibility index (Phi) is 9.96. The third kappa shape index (κ3) is 8.28. The van der Waals surface area contributed by atoms with E-state index >= 15 is 0 Å². The lowest BCUT2D eigenvalue weighted by atomic mass is 10.1. The molecule has 178 valence electrons. The molecular weight excluding hydrogens is 465 g/mol. The number of hydrogen-bond donors (Lipinski definition) is 2. The summed E-state index contributed by atoms with van der Waals surface area (Å²) in [5.74, 6) is -0.250. The molecule has 1 saturated heterocycles. The molecule has 1 unspecified atom stereocenters. The second-order valence-corrected chi connectivity index (χ2v) is 8.72. The Balaban J connectivity index is 1.41. The molecule has 1 atom stereocenters. The van der Waals surface area contributed by atoms with Crippen molar-refractivity contribution in [2.24, 2.45) is 0 Å². The van der Waals surface area contributed by atoms with Crippen LogP contribution in [-0.2, 0) is 27.2 Å². The van der Waals surface area contributed by atoms with E-state index in [1.807, 2.05) is 12.1 Å². The first-order chi connectivity index (χ1) is 15.9. The van der Waals surface area contributed by atoms with Crippen LogP contribution < -0.4 is 10.6 Å². The van der Waals surface area contributed by atoms with E-state index in [9.17, 15) is 9.59 Å². The highest BCUT2D eigenvalue weighted by molar-refractivity contribution is 6.42. The van der Waals surface area contributed by atoms with Crippen molar-refractivity contribution in [3.8, 4) is 0 Å². The van der Waals surface area contributed by atoms with E-state index in [1.165, 1.54) is 0 Å². The van der Waals surface area contributed by atoms with E-state index in [2.05, 4.69) is 15.5 Å². The van der Waals surface area contributed by atoms with Crippen LogP contribution >= 0.6 is 23.2 Å². The molecule has 0 aliphatic carbocycles. The van der Waals surface area contributed by atoms with Crippen LogP contribution in [-0.4, -0.2) is 69.3 Å². The molecule has 2 amide bonds. The number of nitrogens with one attached hydrogen (secondary N) is 2. The van der Waals surface area contributed by atoms with Crippen LogP contribution in [0.2, 0.25) is 10.0 Å². The van der Waals surface area contributed by atoms with Crippen molar-refractivity contribution in [1.29, 1.82) is 0 Å². The summed E-state index contributed by atoms with van der Waals surface area (Å²) in [5.41, 5.74) is 2.48. The lowest BCUT2D eigenvalue weighted by molar-refractivity contribution is -0.121. The van der Waals surface area contributed by atoms with Crippen molar-refractivity contribution >= 4 is 35.0 Å². The highest BCUT2D eigenvalue weighted by Crippen LogP contribution is 2.23. The monoisotopic (exact) mass is 493 g/mol. The Bertz CT molecular complexity index is 940. The van der Waals surface area contributed by atoms with E-state index in [1.54, 1.807) is 37.4 Å². The van der Waals surface area contributed by atoms with E-state index in [4.69, 9.17) is 32.7 Å². The van der Waals surface area contributed by atoms with Crippen molar-refractivity contribution in [2.45, 2.75) is 19.1 Å². The molecule has 1 aliphatic rings. The quantitative estimate of drug-likeness (QED) is 0.497. The SMILES string of the molecule is COCCNC(=O)c1ccc(CC(=O)NCC2CN(Cc3ccc(Cl)c(Cl)c3)CCO2)cc1. The largest absolute Gasteiger partial charge is 0.383 e. The Hall–Kier alpha value is -2.16. The number of carbonyl (C=O) groups excluding carboxylic acids is 2. The summed E-state index contributed by atoms with van der Waals surface area (Å²) in [6, 6.07) is 12.7. The van der Waals surface area contributed by atoms with Gasteiger partial charge in [0, 0.05) is 45.4 Å². The minimum atomic E-state index is -0.164. The van der Waals surface area contributed by atoms with Crippen molar-refractivity contribution < 1.29 is 19.1 Å². The summed E-state index contributed by atoms with van der Waals surface area (Å²) in [6.07, 6.45) is 0.161. The number of halogens is 2. The highest BCUT2D eigenvalue weighted by Gasteiger charge is 2.21. The zero-order chi connectivity index (χ0) is 23.6. The Labute approximate surface area is 204 Å². The van der Waals surface area contributed by atoms with Crippen LogP contribution in [0.5, 0.6) is 0 Å². The van der Waals surface area contributed by atoms with Gasteiger partial charge in [0.25, 0.3) is 5.91 Å². The second kappa shape index (κ2) is 12.9. The zero-order valence-corrected chi connectivity index (χ0v) is 20.1. The first kappa shape index (κ1) is 25.5. The summed E-state index contributed by atoms with van der Waals surface area (Å²) in [5, 5.41) is 6.81. The molecule has 0 radical (unpaired) electrons. The molecule has 2 aromatic rings. The molecule has 7 nitrogen and oxygen atoms in total. The summed E-state index contributed by atoms with van der Waals surface area (Å²) in [7, 11) is 1.58. The predicted molar refractivity (Wildman–Crippen MR) is 129 cm³/mol. The molecule has 2 aromatic carbocycles. The Morgan fingerprint density at radius 1 is 1.09 bits per heavy atom. The first-order valence-corrected chi connectivity index (χ1v) is 11.6. The average Bonchev–Trinajstić information content (AvgIpc) is 2.81. The van der Waals surface area contributed by atoms with Crippen LogP contribution in [0.25, 0.3) is 0 Å². The molecule has 0 bridgehead atoms. The standard InChI is InChI=1S/C24H29Cl2N3O4/c1-32-10-8-27-24(31)19-5-2-17(3-6-19)13-23(30)28-14-20-16-29(9-11-33-20)15-18-4-7-21(25)22(26)12-18/h2-7,12,20H,8-11,13-16H2,1H3,(H,27,31)(H,28,30). The summed E-state index contributed by atoms with van der Waals surface area (Å²) >= 11 is 12.1. The van der Waals surface area contributed by atoms with Crippen molar-refractivity contribution in [1.82, 2.24) is 15.5 Å². The number of carbonyl (C=O) groups is 2. The van der Waals surface area contributed by atoms with E-state index in [-0.39, 0.29) is 24.3 Å². The fraction of sp³-hybridized carbons (Fsp3) is 0.417. The number of amides is 2. The lowest BCUT2D eigenvalue weighted by Gasteiger charge is -2.33. The van der Waals surface area contributed by atoms with E-state index in [0.717, 1.165) is 24.2 Å². The van der Waals surface area contributed by atoms with Crippen LogP contribution in [0.15, 0.2) is 42.5 Å². The molecular formula is C24H29Cl2N3O4. The molecule has 33 heavy (non-hydrogen) atoms. The van der Waals surface area contributed by atoms with Gasteiger partial charge < -0.3 is 20.1 Å². The minimum absolute atomic E-state index is 0.0800. The number of rotatable bonds is 10. The third-order valence-electron chi connectivity index (χ3n) is 5.31. The lowest BCUT2D eigenvalue weighted by Crippen LogP contribution is -2.47. The normalized spacial score (nSPS) is 16.4. The van der Waals surface area contributed by atoms with E-state index < -0.39 is 0 Å². The summed E-state index contributed by atoms with van der Waals surface area (Å²) in [6.45, 7) is 4.24. The van der Waals surface area contributed by atoms with Gasteiger partial charge in [0.2, 0.25) is 5.91 Å². The predicted octanol–water partition coefficient (Wildman–Crippen LogP) is 2.93. The smallest absolute Gasteiger partial charge is 0.251 e. The molecule has 1 heterocycles. The van der Waals surface area contributed by atoms with E-state index in [0.29, 0.717) is 48.5 Å². The van der Waals surface area contributed by atoms with Crippen molar-refractivity contribution in [2.75, 3.05) is 46.5 Å². The zero-order valence-electron chi connectivity index (χ0n) is 18.6. The maximum atomic E-state index is 12.4. The van der Waals surface area contributed by atoms with Gasteiger partial charge in [0.1, 0.15) is 0 Å². The van der Waals surface area contributed by atoms with Gasteiger partial charge in [-0.15, -0.1) is 0 Å². The molecule has 0 aromatic heterocycles. The van der Waals surface area contributed by atoms with Crippen molar-refractivity contribution in [3.05, 3.63) is 69.2 Å².